The Morgan fingerprint density at radius 1 is 1.36 bits per heavy atom. The van der Waals surface area contributed by atoms with Gasteiger partial charge >= 0.3 is 11.9 Å². The Labute approximate surface area is 165 Å². The van der Waals surface area contributed by atoms with E-state index in [9.17, 15) is 9.59 Å². The van der Waals surface area contributed by atoms with Crippen molar-refractivity contribution < 1.29 is 19.1 Å². The minimum absolute atomic E-state index is 0.243. The number of aromatic nitrogens is 2. The zero-order valence-corrected chi connectivity index (χ0v) is 17.2. The Kier molecular flexibility index (Phi) is 5.59. The molecule has 0 bridgehead atoms. The van der Waals surface area contributed by atoms with Crippen LogP contribution in [-0.2, 0) is 27.1 Å². The molecule has 1 aliphatic rings. The SMILES string of the molecule is CCOC(=O)c1[nH]c2cc3c(nc2c1/C=C/C(=O)OC)CCC(C(C)(C)C)C3. The van der Waals surface area contributed by atoms with E-state index in [1.807, 2.05) is 0 Å². The number of pyridine rings is 1. The number of nitrogens with zero attached hydrogens (tertiary/aromatic N) is 1. The number of H-pyrrole nitrogens is 1. The van der Waals surface area contributed by atoms with E-state index in [2.05, 4.69) is 36.6 Å². The van der Waals surface area contributed by atoms with Crippen LogP contribution in [0.3, 0.4) is 0 Å². The Hall–Kier alpha value is -2.63. The van der Waals surface area contributed by atoms with E-state index < -0.39 is 11.9 Å². The molecule has 0 aliphatic heterocycles. The third-order valence-electron chi connectivity index (χ3n) is 5.46. The third-order valence-corrected chi connectivity index (χ3v) is 5.46. The predicted molar refractivity (Wildman–Crippen MR) is 108 cm³/mol. The number of hydrogen-bond donors (Lipinski definition) is 1. The second-order valence-corrected chi connectivity index (χ2v) is 8.29. The first-order valence-electron chi connectivity index (χ1n) is 9.72. The van der Waals surface area contributed by atoms with Crippen LogP contribution in [0.5, 0.6) is 0 Å². The molecule has 2 heterocycles. The summed E-state index contributed by atoms with van der Waals surface area (Å²) in [5.74, 6) is -0.358. The van der Waals surface area contributed by atoms with Crippen molar-refractivity contribution in [2.45, 2.75) is 47.0 Å². The van der Waals surface area contributed by atoms with Crippen molar-refractivity contribution in [3.05, 3.63) is 34.7 Å². The maximum absolute atomic E-state index is 12.4. The van der Waals surface area contributed by atoms with Crippen LogP contribution in [0.2, 0.25) is 0 Å². The van der Waals surface area contributed by atoms with Crippen LogP contribution >= 0.6 is 0 Å². The first-order chi connectivity index (χ1) is 13.2. The van der Waals surface area contributed by atoms with Gasteiger partial charge in [-0.1, -0.05) is 20.8 Å². The van der Waals surface area contributed by atoms with Gasteiger partial charge in [-0.3, -0.25) is 4.98 Å². The number of nitrogens with one attached hydrogen (secondary N) is 1. The van der Waals surface area contributed by atoms with E-state index in [0.717, 1.165) is 30.5 Å². The number of aryl methyl sites for hydroxylation is 1. The minimum Gasteiger partial charge on any atom is -0.466 e. The molecule has 0 amide bonds. The summed E-state index contributed by atoms with van der Waals surface area (Å²) in [6, 6.07) is 2.09. The first kappa shape index (κ1) is 20.1. The highest BCUT2D eigenvalue weighted by Crippen LogP contribution is 2.38. The number of fused-ring (bicyclic) bond motifs is 2. The molecular formula is C22H28N2O4. The van der Waals surface area contributed by atoms with E-state index >= 15 is 0 Å². The van der Waals surface area contributed by atoms with Gasteiger partial charge in [0.1, 0.15) is 5.69 Å². The minimum atomic E-state index is -0.491. The zero-order valence-electron chi connectivity index (χ0n) is 17.2. The lowest BCUT2D eigenvalue weighted by atomic mass is 9.71. The molecule has 150 valence electrons. The van der Waals surface area contributed by atoms with Gasteiger partial charge in [0.25, 0.3) is 0 Å². The Balaban J connectivity index is 2.09. The predicted octanol–water partition coefficient (Wildman–Crippen LogP) is 4.08. The van der Waals surface area contributed by atoms with E-state index in [1.165, 1.54) is 18.7 Å². The fourth-order valence-corrected chi connectivity index (χ4v) is 3.77. The molecule has 0 saturated heterocycles. The van der Waals surface area contributed by atoms with Crippen molar-refractivity contribution in [1.82, 2.24) is 9.97 Å². The van der Waals surface area contributed by atoms with Crippen molar-refractivity contribution >= 4 is 29.0 Å². The molecule has 0 radical (unpaired) electrons. The Morgan fingerprint density at radius 2 is 2.11 bits per heavy atom. The molecule has 0 fully saturated rings. The lowest BCUT2D eigenvalue weighted by molar-refractivity contribution is -0.134. The van der Waals surface area contributed by atoms with E-state index in [4.69, 9.17) is 9.72 Å². The largest absolute Gasteiger partial charge is 0.466 e. The zero-order chi connectivity index (χ0) is 20.5. The van der Waals surface area contributed by atoms with E-state index in [-0.39, 0.29) is 12.0 Å². The third kappa shape index (κ3) is 3.96. The normalized spacial score (nSPS) is 17.0. The molecule has 1 N–H and O–H groups in total. The van der Waals surface area contributed by atoms with Crippen molar-refractivity contribution in [1.29, 1.82) is 0 Å². The Bertz CT molecular complexity index is 934. The number of carbonyl (C=O) groups is 2. The fourth-order valence-electron chi connectivity index (χ4n) is 3.77. The number of carbonyl (C=O) groups excluding carboxylic acids is 2. The summed E-state index contributed by atoms with van der Waals surface area (Å²) in [6.07, 6.45) is 5.84. The fraction of sp³-hybridized carbons (Fsp3) is 0.500. The van der Waals surface area contributed by atoms with Crippen LogP contribution in [0.4, 0.5) is 0 Å². The van der Waals surface area contributed by atoms with Gasteiger partial charge in [-0.05, 0) is 55.2 Å². The number of rotatable bonds is 4. The maximum atomic E-state index is 12.4. The first-order valence-corrected chi connectivity index (χ1v) is 9.72. The molecule has 0 spiro atoms. The second-order valence-electron chi connectivity index (χ2n) is 8.29. The number of methoxy groups -OCH3 is 1. The smallest absolute Gasteiger partial charge is 0.355 e. The van der Waals surface area contributed by atoms with Crippen molar-refractivity contribution in [2.75, 3.05) is 13.7 Å². The lowest BCUT2D eigenvalue weighted by Crippen LogP contribution is -2.27. The van der Waals surface area contributed by atoms with Gasteiger partial charge in [0.05, 0.1) is 24.8 Å². The van der Waals surface area contributed by atoms with Gasteiger partial charge in [-0.25, -0.2) is 9.59 Å². The van der Waals surface area contributed by atoms with Crippen LogP contribution in [0.25, 0.3) is 17.1 Å². The van der Waals surface area contributed by atoms with E-state index in [1.54, 1.807) is 13.0 Å². The lowest BCUT2D eigenvalue weighted by Gasteiger charge is -2.34. The van der Waals surface area contributed by atoms with Gasteiger partial charge in [0.2, 0.25) is 0 Å². The molecule has 1 atom stereocenters. The highest BCUT2D eigenvalue weighted by molar-refractivity contribution is 6.03. The van der Waals surface area contributed by atoms with Crippen LogP contribution in [-0.4, -0.2) is 35.6 Å². The van der Waals surface area contributed by atoms with E-state index in [0.29, 0.717) is 22.7 Å². The summed E-state index contributed by atoms with van der Waals surface area (Å²) in [5, 5.41) is 0. The molecule has 2 aromatic rings. The van der Waals surface area contributed by atoms with Crippen molar-refractivity contribution in [3.63, 3.8) is 0 Å². The molecule has 6 heteroatoms. The number of aromatic amines is 1. The molecular weight excluding hydrogens is 356 g/mol. The van der Waals surface area contributed by atoms with Crippen LogP contribution in [0.1, 0.15) is 61.4 Å². The van der Waals surface area contributed by atoms with Gasteiger partial charge in [0, 0.05) is 17.3 Å². The topological polar surface area (TPSA) is 81.3 Å². The maximum Gasteiger partial charge on any atom is 0.355 e. The molecule has 1 aliphatic carbocycles. The van der Waals surface area contributed by atoms with Gasteiger partial charge in [0.15, 0.2) is 0 Å². The number of hydrogen-bond acceptors (Lipinski definition) is 5. The van der Waals surface area contributed by atoms with Gasteiger partial charge < -0.3 is 14.5 Å². The van der Waals surface area contributed by atoms with Crippen LogP contribution < -0.4 is 0 Å². The molecule has 2 aromatic heterocycles. The standard InChI is InChI=1S/C22H28N2O4/c1-6-28-21(26)20-15(8-10-18(25)27-5)19-17(24-20)12-13-11-14(22(2,3)4)7-9-16(13)23-19/h8,10,12,14,24H,6-7,9,11H2,1-5H3/b10-8+. The molecule has 3 rings (SSSR count). The quantitative estimate of drug-likeness (QED) is 0.635. The number of ether oxygens (including phenoxy) is 2. The molecule has 0 saturated carbocycles. The monoisotopic (exact) mass is 384 g/mol. The summed E-state index contributed by atoms with van der Waals surface area (Å²) in [6.45, 7) is 8.85. The summed E-state index contributed by atoms with van der Waals surface area (Å²) in [4.78, 5) is 32.0. The number of esters is 2. The highest BCUT2D eigenvalue weighted by atomic mass is 16.5. The van der Waals surface area contributed by atoms with Crippen molar-refractivity contribution in [3.8, 4) is 0 Å². The molecule has 6 nitrogen and oxygen atoms in total. The Morgan fingerprint density at radius 3 is 2.75 bits per heavy atom. The second kappa shape index (κ2) is 7.78. The van der Waals surface area contributed by atoms with Gasteiger partial charge in [-0.2, -0.15) is 0 Å². The summed E-state index contributed by atoms with van der Waals surface area (Å²) < 4.78 is 9.84. The average molecular weight is 384 g/mol. The van der Waals surface area contributed by atoms with Crippen LogP contribution in [0, 0.1) is 11.3 Å². The highest BCUT2D eigenvalue weighted by Gasteiger charge is 2.30. The molecule has 0 aromatic carbocycles. The summed E-state index contributed by atoms with van der Waals surface area (Å²) in [5.41, 5.74) is 4.84. The molecule has 1 unspecified atom stereocenters. The summed E-state index contributed by atoms with van der Waals surface area (Å²) in [7, 11) is 1.31. The average Bonchev–Trinajstić information content (AvgIpc) is 3.00. The summed E-state index contributed by atoms with van der Waals surface area (Å²) >= 11 is 0. The molecule has 28 heavy (non-hydrogen) atoms. The van der Waals surface area contributed by atoms with Crippen LogP contribution in [0.15, 0.2) is 12.1 Å². The van der Waals surface area contributed by atoms with Crippen molar-refractivity contribution in [2.24, 2.45) is 11.3 Å². The van der Waals surface area contributed by atoms with Gasteiger partial charge in [-0.15, -0.1) is 0 Å².